The molecule has 1 saturated heterocycles. The van der Waals surface area contributed by atoms with Crippen molar-refractivity contribution in [3.63, 3.8) is 0 Å². The summed E-state index contributed by atoms with van der Waals surface area (Å²) in [5, 5.41) is 6.43. The Balaban J connectivity index is 1.53. The van der Waals surface area contributed by atoms with E-state index >= 15 is 0 Å². The highest BCUT2D eigenvalue weighted by Gasteiger charge is 2.27. The topological polar surface area (TPSA) is 94.0 Å². The summed E-state index contributed by atoms with van der Waals surface area (Å²) in [6.45, 7) is 1.19. The lowest BCUT2D eigenvalue weighted by atomic mass is 10.0. The molecule has 2 aromatic heterocycles. The van der Waals surface area contributed by atoms with E-state index in [0.29, 0.717) is 26.1 Å². The lowest BCUT2D eigenvalue weighted by Gasteiger charge is -2.33. The molecule has 0 radical (unpaired) electrons. The Bertz CT molecular complexity index is 660. The van der Waals surface area contributed by atoms with Crippen molar-refractivity contribution in [3.05, 3.63) is 36.8 Å². The van der Waals surface area contributed by atoms with Crippen molar-refractivity contribution < 1.29 is 9.53 Å². The second-order valence-corrected chi connectivity index (χ2v) is 5.88. The minimum atomic E-state index is -0.00527. The highest BCUT2D eigenvalue weighted by molar-refractivity contribution is 5.76. The van der Waals surface area contributed by atoms with E-state index < -0.39 is 0 Å². The van der Waals surface area contributed by atoms with Gasteiger partial charge >= 0.3 is 0 Å². The molecule has 0 aromatic carbocycles. The predicted octanol–water partition coefficient (Wildman–Crippen LogP) is 0.528. The minimum Gasteiger partial charge on any atom is -0.379 e. The fraction of sp³-hybridized carbons (Fsp3) is 0.500. The number of hydrogen-bond donors (Lipinski definition) is 2. The van der Waals surface area contributed by atoms with Crippen LogP contribution in [0.3, 0.4) is 0 Å². The van der Waals surface area contributed by atoms with Crippen LogP contribution in [0.4, 0.5) is 5.82 Å². The summed E-state index contributed by atoms with van der Waals surface area (Å²) in [6, 6.07) is 1.82. The summed E-state index contributed by atoms with van der Waals surface area (Å²) in [6.07, 6.45) is 8.61. The molecule has 3 rings (SSSR count). The Morgan fingerprint density at radius 1 is 1.42 bits per heavy atom. The van der Waals surface area contributed by atoms with Gasteiger partial charge in [-0.3, -0.25) is 4.79 Å². The van der Waals surface area contributed by atoms with E-state index in [1.165, 1.54) is 6.33 Å². The first-order valence-electron chi connectivity index (χ1n) is 8.07. The van der Waals surface area contributed by atoms with Crippen LogP contribution >= 0.6 is 0 Å². The molecule has 0 spiro atoms. The molecular weight excluding hydrogens is 308 g/mol. The van der Waals surface area contributed by atoms with Gasteiger partial charge in [-0.2, -0.15) is 0 Å². The molecule has 0 bridgehead atoms. The molecule has 1 fully saturated rings. The molecule has 1 aliphatic rings. The van der Waals surface area contributed by atoms with Gasteiger partial charge < -0.3 is 19.9 Å². The lowest BCUT2D eigenvalue weighted by Crippen LogP contribution is -2.52. The van der Waals surface area contributed by atoms with Crippen molar-refractivity contribution in [2.45, 2.75) is 31.3 Å². The van der Waals surface area contributed by atoms with Gasteiger partial charge in [0.2, 0.25) is 5.91 Å². The molecule has 2 atom stereocenters. The second kappa shape index (κ2) is 7.87. The van der Waals surface area contributed by atoms with E-state index in [0.717, 1.165) is 17.9 Å². The van der Waals surface area contributed by atoms with Gasteiger partial charge in [0.05, 0.1) is 25.0 Å². The Labute approximate surface area is 140 Å². The average Bonchev–Trinajstić information content (AvgIpc) is 3.01. The molecule has 8 heteroatoms. The zero-order valence-electron chi connectivity index (χ0n) is 13.7. The molecule has 0 saturated carbocycles. The number of imidazole rings is 1. The van der Waals surface area contributed by atoms with Gasteiger partial charge in [0, 0.05) is 38.2 Å². The number of hydrogen-bond acceptors (Lipinski definition) is 6. The minimum absolute atomic E-state index is 0.00527. The van der Waals surface area contributed by atoms with Crippen LogP contribution in [-0.4, -0.2) is 50.7 Å². The van der Waals surface area contributed by atoms with Crippen LogP contribution < -0.4 is 10.6 Å². The average molecular weight is 330 g/mol. The van der Waals surface area contributed by atoms with Crippen molar-refractivity contribution >= 4 is 11.7 Å². The number of ether oxygens (including phenoxy) is 1. The van der Waals surface area contributed by atoms with E-state index in [1.54, 1.807) is 24.8 Å². The Hall–Kier alpha value is -2.48. The Kier molecular flexibility index (Phi) is 5.37. The highest BCUT2D eigenvalue weighted by Crippen LogP contribution is 2.13. The smallest absolute Gasteiger partial charge is 0.220 e. The number of amides is 1. The third-order valence-electron chi connectivity index (χ3n) is 4.14. The number of aryl methyl sites for hydroxylation is 2. The maximum Gasteiger partial charge on any atom is 0.220 e. The van der Waals surface area contributed by atoms with E-state index in [9.17, 15) is 4.79 Å². The monoisotopic (exact) mass is 330 g/mol. The largest absolute Gasteiger partial charge is 0.379 e. The molecular formula is C16H22N6O2. The van der Waals surface area contributed by atoms with Gasteiger partial charge in [-0.15, -0.1) is 0 Å². The quantitative estimate of drug-likeness (QED) is 0.802. The summed E-state index contributed by atoms with van der Waals surface area (Å²) in [5.41, 5.74) is 1.05. The van der Waals surface area contributed by atoms with E-state index in [2.05, 4.69) is 25.6 Å². The summed E-state index contributed by atoms with van der Waals surface area (Å²) >= 11 is 0. The zero-order chi connectivity index (χ0) is 16.8. The molecule has 128 valence electrons. The molecule has 24 heavy (non-hydrogen) atoms. The lowest BCUT2D eigenvalue weighted by molar-refractivity contribution is -0.122. The van der Waals surface area contributed by atoms with Gasteiger partial charge in [-0.1, -0.05) is 0 Å². The van der Waals surface area contributed by atoms with Gasteiger partial charge in [0.15, 0.2) is 0 Å². The third kappa shape index (κ3) is 4.29. The molecule has 2 N–H and O–H groups in total. The van der Waals surface area contributed by atoms with Crippen LogP contribution in [-0.2, 0) is 23.0 Å². The first-order chi connectivity index (χ1) is 11.7. The van der Waals surface area contributed by atoms with Crippen molar-refractivity contribution in [1.29, 1.82) is 0 Å². The van der Waals surface area contributed by atoms with Crippen LogP contribution in [0.2, 0.25) is 0 Å². The maximum absolute atomic E-state index is 12.3. The SMILES string of the molecule is Cn1cncc1CCC(=O)N[C@H]1CCOC[C@H]1Nc1ccncn1. The number of aromatic nitrogens is 4. The normalized spacial score (nSPS) is 20.5. The fourth-order valence-electron chi connectivity index (χ4n) is 2.77. The van der Waals surface area contributed by atoms with Gasteiger partial charge in [0.1, 0.15) is 12.1 Å². The van der Waals surface area contributed by atoms with E-state index in [-0.39, 0.29) is 18.0 Å². The molecule has 1 aliphatic heterocycles. The van der Waals surface area contributed by atoms with Crippen LogP contribution in [0.5, 0.6) is 0 Å². The molecule has 8 nitrogen and oxygen atoms in total. The zero-order valence-corrected chi connectivity index (χ0v) is 13.7. The third-order valence-corrected chi connectivity index (χ3v) is 4.14. The van der Waals surface area contributed by atoms with E-state index in [1.807, 2.05) is 11.6 Å². The van der Waals surface area contributed by atoms with E-state index in [4.69, 9.17) is 4.74 Å². The molecule has 0 aliphatic carbocycles. The summed E-state index contributed by atoms with van der Waals surface area (Å²) in [7, 11) is 1.93. The molecule has 0 unspecified atom stereocenters. The number of carbonyl (C=O) groups is 1. The number of nitrogens with one attached hydrogen (secondary N) is 2. The Morgan fingerprint density at radius 2 is 2.33 bits per heavy atom. The van der Waals surface area contributed by atoms with Gasteiger partial charge in [-0.25, -0.2) is 15.0 Å². The maximum atomic E-state index is 12.3. The molecule has 3 heterocycles. The fourth-order valence-corrected chi connectivity index (χ4v) is 2.77. The van der Waals surface area contributed by atoms with Gasteiger partial charge in [0.25, 0.3) is 0 Å². The van der Waals surface area contributed by atoms with Crippen LogP contribution in [0.1, 0.15) is 18.5 Å². The molecule has 2 aromatic rings. The second-order valence-electron chi connectivity index (χ2n) is 5.88. The van der Waals surface area contributed by atoms with Crippen LogP contribution in [0.25, 0.3) is 0 Å². The van der Waals surface area contributed by atoms with Crippen molar-refractivity contribution in [3.8, 4) is 0 Å². The van der Waals surface area contributed by atoms with Gasteiger partial charge in [-0.05, 0) is 18.9 Å². The number of rotatable bonds is 6. The number of nitrogens with zero attached hydrogens (tertiary/aromatic N) is 4. The predicted molar refractivity (Wildman–Crippen MR) is 88.3 cm³/mol. The summed E-state index contributed by atoms with van der Waals surface area (Å²) in [4.78, 5) is 24.4. The van der Waals surface area contributed by atoms with Crippen molar-refractivity contribution in [1.82, 2.24) is 24.8 Å². The first kappa shape index (κ1) is 16.4. The number of carbonyl (C=O) groups excluding carboxylic acids is 1. The van der Waals surface area contributed by atoms with Crippen LogP contribution in [0.15, 0.2) is 31.1 Å². The highest BCUT2D eigenvalue weighted by atomic mass is 16.5. The van der Waals surface area contributed by atoms with Crippen LogP contribution in [0, 0.1) is 0 Å². The Morgan fingerprint density at radius 3 is 3.08 bits per heavy atom. The summed E-state index contributed by atoms with van der Waals surface area (Å²) < 4.78 is 7.46. The van der Waals surface area contributed by atoms with Crippen molar-refractivity contribution in [2.24, 2.45) is 7.05 Å². The number of anilines is 1. The van der Waals surface area contributed by atoms with Crippen molar-refractivity contribution in [2.75, 3.05) is 18.5 Å². The standard InChI is InChI=1S/C16H22N6O2/c1-22-11-18-8-12(22)2-3-16(23)21-13-5-7-24-9-14(13)20-15-4-6-17-10-19-15/h4,6,8,10-11,13-14H,2-3,5,7,9H2,1H3,(H,21,23)(H,17,19,20)/t13-,14+/m0/s1. The molecule has 1 amide bonds. The summed E-state index contributed by atoms with van der Waals surface area (Å²) in [5.74, 6) is 0.771. The first-order valence-corrected chi connectivity index (χ1v) is 8.07.